The molecule has 1 aliphatic heterocycles. The second-order valence-electron chi connectivity index (χ2n) is 9.07. The minimum absolute atomic E-state index is 0.0932. The van der Waals surface area contributed by atoms with Gasteiger partial charge in [-0.2, -0.15) is 0 Å². The molecule has 3 aliphatic rings. The van der Waals surface area contributed by atoms with Crippen LogP contribution in [0.25, 0.3) is 0 Å². The number of fused-ring (bicyclic) bond motifs is 1. The number of phenols is 1. The smallest absolute Gasteiger partial charge is 0.192 e. The standard InChI is InChI=1S/C23H28AsF2N5O3/c1-2-34-17-9-16(32)18(25)20(19(17)26)30-11-12-10-27-22(28-14-5-3-13(24)4-6-14)29-21(12)31(23(30)33)15-7-8-15/h9-10,13-15,32H,2-8,11,24H2,1H3,(H,27,28,29). The summed E-state index contributed by atoms with van der Waals surface area (Å²) in [4.78, 5) is 25.1. The molecule has 8 nitrogen and oxygen atoms in total. The molecule has 0 spiro atoms. The molecule has 2 heterocycles. The van der Waals surface area contributed by atoms with Crippen LogP contribution in [0.2, 0.25) is 4.71 Å². The fourth-order valence-electron chi connectivity index (χ4n) is 4.61. The number of anilines is 3. The molecule has 2 saturated carbocycles. The summed E-state index contributed by atoms with van der Waals surface area (Å²) in [6.07, 6.45) is 7.63. The number of hydrogen-bond acceptors (Lipinski definition) is 6. The van der Waals surface area contributed by atoms with Gasteiger partial charge in [-0.1, -0.05) is 0 Å². The van der Waals surface area contributed by atoms with Gasteiger partial charge in [0.25, 0.3) is 0 Å². The first kappa shape index (κ1) is 23.1. The summed E-state index contributed by atoms with van der Waals surface area (Å²) in [6.45, 7) is 1.65. The van der Waals surface area contributed by atoms with Gasteiger partial charge in [-0.25, -0.2) is 8.78 Å². The largest absolute Gasteiger partial charge is 0.200 e. The number of halogens is 2. The van der Waals surface area contributed by atoms with E-state index in [0.717, 1.165) is 41.4 Å². The Bertz CT molecular complexity index is 1110. The Labute approximate surface area is 205 Å². The summed E-state index contributed by atoms with van der Waals surface area (Å²) in [6, 6.07) is 0.499. The summed E-state index contributed by atoms with van der Waals surface area (Å²) in [5.41, 5.74) is -0.0537. The number of ether oxygens (including phenoxy) is 1. The van der Waals surface area contributed by atoms with Crippen LogP contribution in [-0.2, 0) is 6.54 Å². The number of benzene rings is 1. The van der Waals surface area contributed by atoms with Crippen molar-refractivity contribution < 1.29 is 23.4 Å². The van der Waals surface area contributed by atoms with Crippen molar-refractivity contribution in [3.05, 3.63) is 29.5 Å². The third-order valence-electron chi connectivity index (χ3n) is 6.55. The van der Waals surface area contributed by atoms with Crippen molar-refractivity contribution in [3.63, 3.8) is 0 Å². The second kappa shape index (κ2) is 9.21. The van der Waals surface area contributed by atoms with Gasteiger partial charge in [-0.05, 0) is 6.92 Å². The van der Waals surface area contributed by atoms with E-state index in [1.54, 1.807) is 30.0 Å². The van der Waals surface area contributed by atoms with Crippen LogP contribution >= 0.6 is 0 Å². The zero-order valence-corrected chi connectivity index (χ0v) is 21.4. The van der Waals surface area contributed by atoms with Crippen molar-refractivity contribution in [3.8, 4) is 11.5 Å². The molecule has 0 radical (unpaired) electrons. The normalized spacial score (nSPS) is 22.5. The van der Waals surface area contributed by atoms with Gasteiger partial charge in [0.05, 0.1) is 6.61 Å². The Morgan fingerprint density at radius 3 is 2.62 bits per heavy atom. The van der Waals surface area contributed by atoms with Crippen molar-refractivity contribution in [2.45, 2.75) is 68.8 Å². The van der Waals surface area contributed by atoms with Gasteiger partial charge >= 0.3 is 144 Å². The molecule has 2 N–H and O–H groups in total. The first-order chi connectivity index (χ1) is 16.4. The van der Waals surface area contributed by atoms with Crippen LogP contribution in [-0.4, -0.2) is 56.6 Å². The molecule has 1 aromatic heterocycles. The maximum absolute atomic E-state index is 15.2. The molecule has 2 amide bonds. The molecule has 1 unspecified atom stereocenters. The van der Waals surface area contributed by atoms with E-state index in [1.807, 2.05) is 0 Å². The second-order valence-corrected chi connectivity index (χ2v) is 11.0. The van der Waals surface area contributed by atoms with Gasteiger partial charge in [0.15, 0.2) is 23.1 Å². The number of amides is 2. The SMILES string of the molecule is CCOc1cc(O)c(F)c(N2Cc3cnc(NC4CCC([AsH2])CC4)nc3N(C3CC3)C2=O)c1F. The average molecular weight is 535 g/mol. The molecule has 0 bridgehead atoms. The summed E-state index contributed by atoms with van der Waals surface area (Å²) in [5.74, 6) is -2.40. The van der Waals surface area contributed by atoms with Gasteiger partial charge < -0.3 is 9.84 Å². The fraction of sp³-hybridized carbons (Fsp3) is 0.522. The Balaban J connectivity index is 1.49. The van der Waals surface area contributed by atoms with E-state index in [4.69, 9.17) is 4.74 Å². The quantitative estimate of drug-likeness (QED) is 0.548. The van der Waals surface area contributed by atoms with E-state index >= 15 is 4.39 Å². The zero-order valence-electron chi connectivity index (χ0n) is 18.9. The number of urea groups is 1. The van der Waals surface area contributed by atoms with Crippen LogP contribution in [0.4, 0.5) is 31.0 Å². The number of phenolic OH excluding ortho intramolecular Hbond substituents is 1. The summed E-state index contributed by atoms with van der Waals surface area (Å²) in [7, 11) is 0. The molecule has 1 aromatic carbocycles. The molecule has 182 valence electrons. The van der Waals surface area contributed by atoms with E-state index in [1.165, 1.54) is 17.7 Å². The molecule has 2 aromatic rings. The first-order valence-corrected chi connectivity index (χ1v) is 13.1. The van der Waals surface area contributed by atoms with Crippen LogP contribution in [0.15, 0.2) is 12.3 Å². The van der Waals surface area contributed by atoms with Crippen molar-refractivity contribution in [2.75, 3.05) is 21.7 Å². The van der Waals surface area contributed by atoms with Crippen LogP contribution in [0.1, 0.15) is 51.0 Å². The maximum Gasteiger partial charge on any atom is 0.192 e. The van der Waals surface area contributed by atoms with E-state index in [0.29, 0.717) is 23.4 Å². The number of carbonyl (C=O) groups excluding carboxylic acids is 1. The van der Waals surface area contributed by atoms with Gasteiger partial charge in [-0.3, -0.25) is 0 Å². The predicted octanol–water partition coefficient (Wildman–Crippen LogP) is 3.74. The Morgan fingerprint density at radius 2 is 1.94 bits per heavy atom. The summed E-state index contributed by atoms with van der Waals surface area (Å²) < 4.78 is 36.1. The van der Waals surface area contributed by atoms with Gasteiger partial charge in [0.2, 0.25) is 0 Å². The molecular formula is C23H28AsF2N5O3. The van der Waals surface area contributed by atoms with E-state index in [2.05, 4.69) is 15.3 Å². The van der Waals surface area contributed by atoms with E-state index < -0.39 is 29.1 Å². The summed E-state index contributed by atoms with van der Waals surface area (Å²) >= 11 is 1.79. The number of nitrogens with one attached hydrogen (secondary N) is 1. The predicted molar refractivity (Wildman–Crippen MR) is 126 cm³/mol. The monoisotopic (exact) mass is 535 g/mol. The van der Waals surface area contributed by atoms with Crippen molar-refractivity contribution in [2.24, 2.45) is 0 Å². The number of rotatable bonds is 6. The third kappa shape index (κ3) is 4.28. The number of aromatic nitrogens is 2. The van der Waals surface area contributed by atoms with E-state index in [-0.39, 0.29) is 24.9 Å². The molecular weight excluding hydrogens is 507 g/mol. The molecule has 34 heavy (non-hydrogen) atoms. The molecule has 1 atom stereocenters. The van der Waals surface area contributed by atoms with Crippen LogP contribution in [0.3, 0.4) is 0 Å². The van der Waals surface area contributed by atoms with Gasteiger partial charge in [0, 0.05) is 6.07 Å². The zero-order chi connectivity index (χ0) is 24.0. The number of carbonyl (C=O) groups is 1. The molecule has 0 saturated heterocycles. The average Bonchev–Trinajstić information content (AvgIpc) is 3.65. The van der Waals surface area contributed by atoms with Gasteiger partial charge in [-0.15, -0.1) is 0 Å². The third-order valence-corrected chi connectivity index (χ3v) is 7.95. The van der Waals surface area contributed by atoms with Crippen LogP contribution in [0.5, 0.6) is 11.5 Å². The molecule has 2 aliphatic carbocycles. The minimum atomic E-state index is -1.21. The first-order valence-electron chi connectivity index (χ1n) is 11.7. The van der Waals surface area contributed by atoms with Crippen molar-refractivity contribution >= 4 is 40.3 Å². The maximum atomic E-state index is 15.2. The van der Waals surface area contributed by atoms with Crippen LogP contribution in [0, 0.1) is 11.6 Å². The molecule has 2 fully saturated rings. The van der Waals surface area contributed by atoms with Crippen LogP contribution < -0.4 is 19.9 Å². The van der Waals surface area contributed by atoms with Gasteiger partial charge in [0.1, 0.15) is 0 Å². The fourth-order valence-corrected chi connectivity index (χ4v) is 5.42. The topological polar surface area (TPSA) is 90.8 Å². The number of aromatic hydroxyl groups is 1. The Morgan fingerprint density at radius 1 is 1.21 bits per heavy atom. The Kier molecular flexibility index (Phi) is 6.27. The van der Waals surface area contributed by atoms with Crippen molar-refractivity contribution in [1.29, 1.82) is 0 Å². The molecule has 5 rings (SSSR count). The number of hydrogen-bond donors (Lipinski definition) is 2. The minimum Gasteiger partial charge on any atom is -0.200 e. The van der Waals surface area contributed by atoms with Crippen molar-refractivity contribution in [1.82, 2.24) is 9.97 Å². The number of nitrogens with zero attached hydrogens (tertiary/aromatic N) is 4. The Hall–Kier alpha value is -2.61. The molecule has 11 heteroatoms. The summed E-state index contributed by atoms with van der Waals surface area (Å²) in [5, 5.41) is 13.4. The van der Waals surface area contributed by atoms with E-state index in [9.17, 15) is 14.3 Å².